The number of amides is 1. The molecule has 0 N–H and O–H groups in total. The van der Waals surface area contributed by atoms with E-state index in [1.807, 2.05) is 23.1 Å². The number of para-hydroxylation sites is 1. The number of anilines is 1. The monoisotopic (exact) mass is 342 g/mol. The number of hydrogen-bond acceptors (Lipinski definition) is 4. The van der Waals surface area contributed by atoms with E-state index in [0.717, 1.165) is 17.7 Å². The van der Waals surface area contributed by atoms with Gasteiger partial charge in [-0.2, -0.15) is 0 Å². The third-order valence-electron chi connectivity index (χ3n) is 4.12. The van der Waals surface area contributed by atoms with E-state index in [-0.39, 0.29) is 17.6 Å². The zero-order chi connectivity index (χ0) is 17.1. The SMILES string of the molecule is C[C@H]1Cc2ccccc2N1C(=O)CSCc1ccc([N+](=O)[O-])cc1. The van der Waals surface area contributed by atoms with Crippen LogP contribution in [0.3, 0.4) is 0 Å². The van der Waals surface area contributed by atoms with Crippen molar-refractivity contribution in [3.63, 3.8) is 0 Å². The van der Waals surface area contributed by atoms with Crippen LogP contribution in [0.5, 0.6) is 0 Å². The quantitative estimate of drug-likeness (QED) is 0.612. The van der Waals surface area contributed by atoms with Crippen molar-refractivity contribution < 1.29 is 9.72 Å². The first-order chi connectivity index (χ1) is 11.6. The number of rotatable bonds is 5. The van der Waals surface area contributed by atoms with Gasteiger partial charge in [0, 0.05) is 29.6 Å². The minimum Gasteiger partial charge on any atom is -0.308 e. The number of nitro groups is 1. The van der Waals surface area contributed by atoms with Crippen LogP contribution in [0.4, 0.5) is 11.4 Å². The predicted octanol–water partition coefficient (Wildman–Crippen LogP) is 3.81. The molecule has 1 amide bonds. The fraction of sp³-hybridized carbons (Fsp3) is 0.278. The summed E-state index contributed by atoms with van der Waals surface area (Å²) >= 11 is 1.53. The third-order valence-corrected chi connectivity index (χ3v) is 5.11. The van der Waals surface area contributed by atoms with Crippen molar-refractivity contribution in [1.29, 1.82) is 0 Å². The molecule has 6 heteroatoms. The van der Waals surface area contributed by atoms with E-state index in [1.54, 1.807) is 12.1 Å². The lowest BCUT2D eigenvalue weighted by Gasteiger charge is -2.22. The lowest BCUT2D eigenvalue weighted by molar-refractivity contribution is -0.384. The molecular weight excluding hydrogens is 324 g/mol. The number of nitrogens with zero attached hydrogens (tertiary/aromatic N) is 2. The first-order valence-corrected chi connectivity index (χ1v) is 8.93. The molecule has 0 saturated heterocycles. The molecule has 2 aromatic rings. The van der Waals surface area contributed by atoms with Gasteiger partial charge in [-0.05, 0) is 30.5 Å². The number of non-ortho nitro benzene ring substituents is 1. The number of fused-ring (bicyclic) bond motifs is 1. The van der Waals surface area contributed by atoms with Crippen LogP contribution in [0.1, 0.15) is 18.1 Å². The highest BCUT2D eigenvalue weighted by Crippen LogP contribution is 2.32. The summed E-state index contributed by atoms with van der Waals surface area (Å²) in [6, 6.07) is 14.7. The number of thioether (sulfide) groups is 1. The number of carbonyl (C=O) groups is 1. The van der Waals surface area contributed by atoms with E-state index in [9.17, 15) is 14.9 Å². The van der Waals surface area contributed by atoms with Crippen molar-refractivity contribution in [2.24, 2.45) is 0 Å². The Kier molecular flexibility index (Phi) is 4.85. The number of nitro benzene ring substituents is 1. The zero-order valence-electron chi connectivity index (χ0n) is 13.3. The molecule has 1 aliphatic heterocycles. The van der Waals surface area contributed by atoms with E-state index in [2.05, 4.69) is 13.0 Å². The summed E-state index contributed by atoms with van der Waals surface area (Å²) in [6.45, 7) is 2.07. The first-order valence-electron chi connectivity index (χ1n) is 7.77. The minimum absolute atomic E-state index is 0.0855. The molecule has 0 radical (unpaired) electrons. The second kappa shape index (κ2) is 7.05. The highest BCUT2D eigenvalue weighted by molar-refractivity contribution is 7.99. The Morgan fingerprint density at radius 1 is 1.25 bits per heavy atom. The molecule has 0 unspecified atom stereocenters. The standard InChI is InChI=1S/C18H18N2O3S/c1-13-10-15-4-2-3-5-17(15)19(13)18(21)12-24-11-14-6-8-16(9-7-14)20(22)23/h2-9,13H,10-12H2,1H3/t13-/m0/s1. The Morgan fingerprint density at radius 2 is 1.96 bits per heavy atom. The number of carbonyl (C=O) groups excluding carboxylic acids is 1. The van der Waals surface area contributed by atoms with Crippen molar-refractivity contribution in [2.45, 2.75) is 25.1 Å². The van der Waals surface area contributed by atoms with Gasteiger partial charge in [-0.15, -0.1) is 11.8 Å². The highest BCUT2D eigenvalue weighted by Gasteiger charge is 2.30. The van der Waals surface area contributed by atoms with Crippen LogP contribution in [0, 0.1) is 10.1 Å². The predicted molar refractivity (Wildman–Crippen MR) is 96.4 cm³/mol. The molecule has 0 spiro atoms. The average molecular weight is 342 g/mol. The van der Waals surface area contributed by atoms with E-state index >= 15 is 0 Å². The molecule has 5 nitrogen and oxygen atoms in total. The van der Waals surface area contributed by atoms with Crippen LogP contribution in [0.25, 0.3) is 0 Å². The molecule has 124 valence electrons. The maximum absolute atomic E-state index is 12.6. The summed E-state index contributed by atoms with van der Waals surface area (Å²) in [5, 5.41) is 10.6. The molecule has 1 heterocycles. The molecule has 3 rings (SSSR count). The van der Waals surface area contributed by atoms with Gasteiger partial charge in [0.05, 0.1) is 10.7 Å². The smallest absolute Gasteiger partial charge is 0.269 e. The van der Waals surface area contributed by atoms with Gasteiger partial charge in [0.1, 0.15) is 0 Å². The van der Waals surface area contributed by atoms with Gasteiger partial charge in [0.2, 0.25) is 5.91 Å². The maximum Gasteiger partial charge on any atom is 0.269 e. The van der Waals surface area contributed by atoms with Crippen molar-refractivity contribution >= 4 is 29.0 Å². The first kappa shape index (κ1) is 16.5. The molecular formula is C18H18N2O3S. The Balaban J connectivity index is 1.57. The fourth-order valence-electron chi connectivity index (χ4n) is 2.99. The van der Waals surface area contributed by atoms with Crippen molar-refractivity contribution in [2.75, 3.05) is 10.7 Å². The molecule has 24 heavy (non-hydrogen) atoms. The molecule has 0 aliphatic carbocycles. The summed E-state index contributed by atoms with van der Waals surface area (Å²) in [5.74, 6) is 1.17. The molecule has 0 fully saturated rings. The molecule has 1 atom stereocenters. The Hall–Kier alpha value is -2.34. The van der Waals surface area contributed by atoms with E-state index in [1.165, 1.54) is 29.5 Å². The second-order valence-corrected chi connectivity index (χ2v) is 6.85. The molecule has 1 aliphatic rings. The van der Waals surface area contributed by atoms with Crippen LogP contribution >= 0.6 is 11.8 Å². The Bertz CT molecular complexity index is 761. The van der Waals surface area contributed by atoms with Gasteiger partial charge < -0.3 is 4.90 Å². The normalized spacial score (nSPS) is 16.0. The molecule has 2 aromatic carbocycles. The van der Waals surface area contributed by atoms with Gasteiger partial charge >= 0.3 is 0 Å². The second-order valence-electron chi connectivity index (χ2n) is 5.86. The van der Waals surface area contributed by atoms with Crippen LogP contribution in [0.15, 0.2) is 48.5 Å². The largest absolute Gasteiger partial charge is 0.308 e. The van der Waals surface area contributed by atoms with Gasteiger partial charge in [0.25, 0.3) is 5.69 Å². The van der Waals surface area contributed by atoms with Crippen LogP contribution < -0.4 is 4.90 Å². The minimum atomic E-state index is -0.410. The van der Waals surface area contributed by atoms with Gasteiger partial charge in [0.15, 0.2) is 0 Å². The van der Waals surface area contributed by atoms with E-state index in [4.69, 9.17) is 0 Å². The molecule has 0 bridgehead atoms. The van der Waals surface area contributed by atoms with Crippen LogP contribution in [0.2, 0.25) is 0 Å². The zero-order valence-corrected chi connectivity index (χ0v) is 14.2. The Morgan fingerprint density at radius 3 is 2.67 bits per heavy atom. The summed E-state index contributed by atoms with van der Waals surface area (Å²) in [6.07, 6.45) is 0.898. The van der Waals surface area contributed by atoms with Gasteiger partial charge in [-0.1, -0.05) is 30.3 Å². The van der Waals surface area contributed by atoms with Gasteiger partial charge in [-0.25, -0.2) is 0 Å². The van der Waals surface area contributed by atoms with Crippen molar-refractivity contribution in [3.05, 3.63) is 69.8 Å². The lowest BCUT2D eigenvalue weighted by atomic mass is 10.1. The van der Waals surface area contributed by atoms with Crippen molar-refractivity contribution in [1.82, 2.24) is 0 Å². The van der Waals surface area contributed by atoms with E-state index < -0.39 is 4.92 Å². The molecule has 0 aromatic heterocycles. The maximum atomic E-state index is 12.6. The Labute approximate surface area is 144 Å². The highest BCUT2D eigenvalue weighted by atomic mass is 32.2. The van der Waals surface area contributed by atoms with Crippen LogP contribution in [-0.2, 0) is 17.0 Å². The van der Waals surface area contributed by atoms with Crippen LogP contribution in [-0.4, -0.2) is 22.6 Å². The molecule has 0 saturated carbocycles. The van der Waals surface area contributed by atoms with Gasteiger partial charge in [-0.3, -0.25) is 14.9 Å². The van der Waals surface area contributed by atoms with E-state index in [0.29, 0.717) is 11.5 Å². The fourth-order valence-corrected chi connectivity index (χ4v) is 3.83. The summed E-state index contributed by atoms with van der Waals surface area (Å²) in [7, 11) is 0. The average Bonchev–Trinajstić information content (AvgIpc) is 2.91. The number of hydrogen-bond donors (Lipinski definition) is 0. The third kappa shape index (κ3) is 3.43. The lowest BCUT2D eigenvalue weighted by Crippen LogP contribution is -2.37. The summed E-state index contributed by atoms with van der Waals surface area (Å²) < 4.78 is 0. The van der Waals surface area contributed by atoms with Crippen molar-refractivity contribution in [3.8, 4) is 0 Å². The summed E-state index contributed by atoms with van der Waals surface area (Å²) in [4.78, 5) is 24.7. The topological polar surface area (TPSA) is 63.5 Å². The summed E-state index contributed by atoms with van der Waals surface area (Å²) in [5.41, 5.74) is 3.31. The number of benzene rings is 2.